The summed E-state index contributed by atoms with van der Waals surface area (Å²) in [6.07, 6.45) is 9.20. The van der Waals surface area contributed by atoms with Crippen LogP contribution in [0.4, 0.5) is 5.69 Å². The fourth-order valence-electron chi connectivity index (χ4n) is 2.28. The van der Waals surface area contributed by atoms with Crippen LogP contribution >= 0.6 is 0 Å². The molecular formula is C17H25NO5. The molecule has 0 spiro atoms. The van der Waals surface area contributed by atoms with E-state index in [1.54, 1.807) is 0 Å². The first kappa shape index (κ1) is 18.9. The number of nitrogens with zero attached hydrogens (tertiary/aromatic N) is 1. The number of aromatic hydroxyl groups is 1. The number of hydrogen-bond acceptors (Lipinski definition) is 5. The van der Waals surface area contributed by atoms with Crippen molar-refractivity contribution in [2.75, 3.05) is 6.61 Å². The molecule has 128 valence electrons. The summed E-state index contributed by atoms with van der Waals surface area (Å²) < 4.78 is 5.10. The van der Waals surface area contributed by atoms with Gasteiger partial charge in [0.2, 0.25) is 0 Å². The van der Waals surface area contributed by atoms with E-state index in [4.69, 9.17) is 4.74 Å². The Labute approximate surface area is 136 Å². The Morgan fingerprint density at radius 2 is 1.74 bits per heavy atom. The highest BCUT2D eigenvalue weighted by Crippen LogP contribution is 2.26. The van der Waals surface area contributed by atoms with Gasteiger partial charge < -0.3 is 9.84 Å². The van der Waals surface area contributed by atoms with Crippen molar-refractivity contribution >= 4 is 11.7 Å². The number of benzene rings is 1. The van der Waals surface area contributed by atoms with Crippen LogP contribution in [0.25, 0.3) is 0 Å². The Bertz CT molecular complexity index is 516. The molecule has 0 aliphatic rings. The molecule has 1 rings (SSSR count). The monoisotopic (exact) mass is 323 g/mol. The van der Waals surface area contributed by atoms with Crippen LogP contribution in [0, 0.1) is 10.1 Å². The normalized spacial score (nSPS) is 10.5. The van der Waals surface area contributed by atoms with Gasteiger partial charge in [0.25, 0.3) is 0 Å². The molecule has 0 atom stereocenters. The third-order valence-electron chi connectivity index (χ3n) is 3.64. The van der Waals surface area contributed by atoms with E-state index in [2.05, 4.69) is 6.92 Å². The van der Waals surface area contributed by atoms with Gasteiger partial charge in [0.05, 0.1) is 17.1 Å². The third-order valence-corrected chi connectivity index (χ3v) is 3.64. The van der Waals surface area contributed by atoms with Crippen LogP contribution in [0.5, 0.6) is 5.75 Å². The number of carbonyl (C=O) groups excluding carboxylic acids is 1. The van der Waals surface area contributed by atoms with Gasteiger partial charge in [-0.3, -0.25) is 10.1 Å². The van der Waals surface area contributed by atoms with Crippen LogP contribution in [-0.2, 0) is 4.74 Å². The van der Waals surface area contributed by atoms with E-state index in [-0.39, 0.29) is 5.56 Å². The molecule has 1 aromatic rings. The predicted octanol–water partition coefficient (Wildman–Crippen LogP) is 4.60. The fraction of sp³-hybridized carbons (Fsp3) is 0.588. The molecule has 6 heteroatoms. The summed E-state index contributed by atoms with van der Waals surface area (Å²) in [5.41, 5.74) is -0.416. The van der Waals surface area contributed by atoms with Gasteiger partial charge in [-0.25, -0.2) is 4.79 Å². The molecule has 23 heavy (non-hydrogen) atoms. The molecule has 0 unspecified atom stereocenters. The largest absolute Gasteiger partial charge is 0.502 e. The number of hydrogen-bond donors (Lipinski definition) is 1. The minimum Gasteiger partial charge on any atom is -0.502 e. The molecule has 0 bridgehead atoms. The number of unbranched alkanes of at least 4 members (excludes halogenated alkanes) is 7. The molecule has 0 aliphatic carbocycles. The number of phenols is 1. The van der Waals surface area contributed by atoms with Gasteiger partial charge in [-0.15, -0.1) is 0 Å². The number of nitro benzene ring substituents is 1. The van der Waals surface area contributed by atoms with Gasteiger partial charge >= 0.3 is 11.7 Å². The summed E-state index contributed by atoms with van der Waals surface area (Å²) in [5, 5.41) is 20.1. The van der Waals surface area contributed by atoms with E-state index in [1.165, 1.54) is 38.2 Å². The lowest BCUT2D eigenvalue weighted by Gasteiger charge is -2.05. The molecule has 6 nitrogen and oxygen atoms in total. The molecule has 0 radical (unpaired) electrons. The van der Waals surface area contributed by atoms with E-state index in [0.717, 1.165) is 31.4 Å². The molecule has 0 heterocycles. The Hall–Kier alpha value is -2.11. The first-order chi connectivity index (χ1) is 11.1. The van der Waals surface area contributed by atoms with Crippen molar-refractivity contribution in [3.05, 3.63) is 33.9 Å². The van der Waals surface area contributed by atoms with E-state index >= 15 is 0 Å². The zero-order valence-electron chi connectivity index (χ0n) is 13.6. The standard InChI is InChI=1S/C17H25NO5/c1-2-3-4-5-6-7-8-9-12-23-17(20)14-10-11-16(19)15(13-14)18(21)22/h10-11,13,19H,2-9,12H2,1H3. The van der Waals surface area contributed by atoms with Gasteiger partial charge in [0.15, 0.2) is 5.75 Å². The van der Waals surface area contributed by atoms with Crippen molar-refractivity contribution in [3.8, 4) is 5.75 Å². The van der Waals surface area contributed by atoms with Crippen LogP contribution in [-0.4, -0.2) is 22.6 Å². The Balaban J connectivity index is 2.24. The van der Waals surface area contributed by atoms with Gasteiger partial charge in [-0.1, -0.05) is 51.9 Å². The second-order valence-corrected chi connectivity index (χ2v) is 5.57. The topological polar surface area (TPSA) is 89.7 Å². The predicted molar refractivity (Wildman–Crippen MR) is 87.7 cm³/mol. The highest BCUT2D eigenvalue weighted by Gasteiger charge is 2.17. The van der Waals surface area contributed by atoms with Crippen molar-refractivity contribution in [2.24, 2.45) is 0 Å². The van der Waals surface area contributed by atoms with Crippen LogP contribution in [0.15, 0.2) is 18.2 Å². The average Bonchev–Trinajstić information content (AvgIpc) is 2.53. The first-order valence-electron chi connectivity index (χ1n) is 8.20. The number of phenolic OH excluding ortho intramolecular Hbond substituents is 1. The third kappa shape index (κ3) is 7.13. The summed E-state index contributed by atoms with van der Waals surface area (Å²) in [5.74, 6) is -1.06. The maximum Gasteiger partial charge on any atom is 0.338 e. The SMILES string of the molecule is CCCCCCCCCCOC(=O)c1ccc(O)c([N+](=O)[O-])c1. The molecule has 1 N–H and O–H groups in total. The van der Waals surface area contributed by atoms with Gasteiger partial charge in [0.1, 0.15) is 0 Å². The highest BCUT2D eigenvalue weighted by atomic mass is 16.6. The number of esters is 1. The molecular weight excluding hydrogens is 298 g/mol. The van der Waals surface area contributed by atoms with Crippen LogP contribution < -0.4 is 0 Å². The molecule has 1 aromatic carbocycles. The number of carbonyl (C=O) groups is 1. The summed E-state index contributed by atoms with van der Waals surface area (Å²) in [6, 6.07) is 3.48. The van der Waals surface area contributed by atoms with E-state index in [0.29, 0.717) is 6.61 Å². The lowest BCUT2D eigenvalue weighted by Crippen LogP contribution is -2.07. The van der Waals surface area contributed by atoms with Gasteiger partial charge in [0, 0.05) is 6.07 Å². The Morgan fingerprint density at radius 1 is 1.13 bits per heavy atom. The molecule has 0 saturated heterocycles. The number of ether oxygens (including phenoxy) is 1. The zero-order valence-corrected chi connectivity index (χ0v) is 13.6. The number of nitro groups is 1. The number of rotatable bonds is 11. The van der Waals surface area contributed by atoms with E-state index < -0.39 is 22.3 Å². The second kappa shape index (κ2) is 10.6. The van der Waals surface area contributed by atoms with Crippen molar-refractivity contribution < 1.29 is 19.6 Å². The van der Waals surface area contributed by atoms with Gasteiger partial charge in [-0.2, -0.15) is 0 Å². The summed E-state index contributed by atoms with van der Waals surface area (Å²) >= 11 is 0. The Kier molecular flexibility index (Phi) is 8.72. The first-order valence-corrected chi connectivity index (χ1v) is 8.20. The second-order valence-electron chi connectivity index (χ2n) is 5.57. The fourth-order valence-corrected chi connectivity index (χ4v) is 2.28. The zero-order chi connectivity index (χ0) is 17.1. The maximum absolute atomic E-state index is 11.8. The molecule has 0 amide bonds. The minimum atomic E-state index is -0.731. The maximum atomic E-state index is 11.8. The summed E-state index contributed by atoms with van der Waals surface area (Å²) in [4.78, 5) is 21.8. The van der Waals surface area contributed by atoms with Crippen molar-refractivity contribution in [3.63, 3.8) is 0 Å². The van der Waals surface area contributed by atoms with Crippen LogP contribution in [0.3, 0.4) is 0 Å². The van der Waals surface area contributed by atoms with Crippen LogP contribution in [0.2, 0.25) is 0 Å². The lowest BCUT2D eigenvalue weighted by molar-refractivity contribution is -0.385. The van der Waals surface area contributed by atoms with Crippen molar-refractivity contribution in [1.82, 2.24) is 0 Å². The average molecular weight is 323 g/mol. The van der Waals surface area contributed by atoms with E-state index in [1.807, 2.05) is 0 Å². The molecule has 0 fully saturated rings. The minimum absolute atomic E-state index is 0.0778. The summed E-state index contributed by atoms with van der Waals surface area (Å²) in [7, 11) is 0. The molecule has 0 aromatic heterocycles. The molecule has 0 aliphatic heterocycles. The Morgan fingerprint density at radius 3 is 2.35 bits per heavy atom. The van der Waals surface area contributed by atoms with Crippen LogP contribution in [0.1, 0.15) is 68.6 Å². The summed E-state index contributed by atoms with van der Waals surface area (Å²) in [6.45, 7) is 2.50. The smallest absolute Gasteiger partial charge is 0.338 e. The molecule has 0 saturated carbocycles. The van der Waals surface area contributed by atoms with Crippen molar-refractivity contribution in [1.29, 1.82) is 0 Å². The van der Waals surface area contributed by atoms with E-state index in [9.17, 15) is 20.0 Å². The van der Waals surface area contributed by atoms with Crippen molar-refractivity contribution in [2.45, 2.75) is 58.3 Å². The highest BCUT2D eigenvalue weighted by molar-refractivity contribution is 5.90. The quantitative estimate of drug-likeness (QED) is 0.278. The van der Waals surface area contributed by atoms with Gasteiger partial charge in [-0.05, 0) is 18.6 Å². The lowest BCUT2D eigenvalue weighted by atomic mass is 10.1.